The Morgan fingerprint density at radius 1 is 1.56 bits per heavy atom. The maximum atomic E-state index is 12.2. The van der Waals surface area contributed by atoms with E-state index >= 15 is 0 Å². The van der Waals surface area contributed by atoms with Gasteiger partial charge in [0.25, 0.3) is 5.91 Å². The topological polar surface area (TPSA) is 90.0 Å². The van der Waals surface area contributed by atoms with Gasteiger partial charge in [0.1, 0.15) is 11.9 Å². The molecule has 6 heteroatoms. The maximum absolute atomic E-state index is 12.2. The predicted molar refractivity (Wildman–Crippen MR) is 67.1 cm³/mol. The van der Waals surface area contributed by atoms with E-state index in [4.69, 9.17) is 5.73 Å². The summed E-state index contributed by atoms with van der Waals surface area (Å²) in [6, 6.07) is 1.20. The van der Waals surface area contributed by atoms with Gasteiger partial charge >= 0.3 is 0 Å². The molecular formula is C12H18N4O2. The lowest BCUT2D eigenvalue weighted by Crippen LogP contribution is -2.37. The van der Waals surface area contributed by atoms with Crippen molar-refractivity contribution in [1.82, 2.24) is 15.1 Å². The van der Waals surface area contributed by atoms with Crippen LogP contribution in [0.3, 0.4) is 0 Å². The summed E-state index contributed by atoms with van der Waals surface area (Å²) < 4.78 is 1.19. The van der Waals surface area contributed by atoms with Crippen molar-refractivity contribution >= 4 is 17.6 Å². The van der Waals surface area contributed by atoms with Crippen molar-refractivity contribution in [2.24, 2.45) is 0 Å². The van der Waals surface area contributed by atoms with E-state index in [2.05, 4.69) is 10.4 Å². The standard InChI is InChI=1S/C12H18N4O2/c1-12(2,3)8-6-9(13)16(15-8)11(18)7-4-5-10(17)14-7/h6-7H,4-5,13H2,1-3H3,(H,14,17). The van der Waals surface area contributed by atoms with Crippen molar-refractivity contribution in [1.29, 1.82) is 0 Å². The predicted octanol–water partition coefficient (Wildman–Crippen LogP) is 0.682. The molecule has 1 aliphatic rings. The van der Waals surface area contributed by atoms with Crippen molar-refractivity contribution < 1.29 is 9.59 Å². The van der Waals surface area contributed by atoms with E-state index in [0.717, 1.165) is 5.69 Å². The maximum Gasteiger partial charge on any atom is 0.271 e. The summed E-state index contributed by atoms with van der Waals surface area (Å²) in [5.41, 5.74) is 6.40. The van der Waals surface area contributed by atoms with Crippen molar-refractivity contribution in [2.75, 3.05) is 5.73 Å². The van der Waals surface area contributed by atoms with Crippen LogP contribution in [0.2, 0.25) is 0 Å². The third-order valence-corrected chi connectivity index (χ3v) is 3.01. The highest BCUT2D eigenvalue weighted by atomic mass is 16.2. The van der Waals surface area contributed by atoms with Crippen LogP contribution in [0.1, 0.15) is 44.1 Å². The number of nitrogens with two attached hydrogens (primary N) is 1. The number of rotatable bonds is 1. The summed E-state index contributed by atoms with van der Waals surface area (Å²) in [6.07, 6.45) is 0.880. The molecule has 1 unspecified atom stereocenters. The molecule has 2 rings (SSSR count). The van der Waals surface area contributed by atoms with Gasteiger partial charge in [0, 0.05) is 17.9 Å². The van der Waals surface area contributed by atoms with Crippen LogP contribution in [-0.2, 0) is 10.2 Å². The van der Waals surface area contributed by atoms with Gasteiger partial charge in [-0.15, -0.1) is 0 Å². The monoisotopic (exact) mass is 250 g/mol. The van der Waals surface area contributed by atoms with Gasteiger partial charge in [-0.1, -0.05) is 20.8 Å². The van der Waals surface area contributed by atoms with E-state index < -0.39 is 6.04 Å². The van der Waals surface area contributed by atoms with Crippen molar-refractivity contribution in [3.63, 3.8) is 0 Å². The minimum Gasteiger partial charge on any atom is -0.383 e. The Morgan fingerprint density at radius 3 is 2.67 bits per heavy atom. The molecule has 0 aliphatic carbocycles. The van der Waals surface area contributed by atoms with Gasteiger partial charge in [0.15, 0.2) is 0 Å². The lowest BCUT2D eigenvalue weighted by Gasteiger charge is -2.14. The highest BCUT2D eigenvalue weighted by molar-refractivity contribution is 5.93. The molecule has 98 valence electrons. The summed E-state index contributed by atoms with van der Waals surface area (Å²) in [7, 11) is 0. The van der Waals surface area contributed by atoms with Crippen LogP contribution in [0.5, 0.6) is 0 Å². The zero-order valence-corrected chi connectivity index (χ0v) is 10.9. The van der Waals surface area contributed by atoms with Crippen LogP contribution in [0.4, 0.5) is 5.82 Å². The highest BCUT2D eigenvalue weighted by Crippen LogP contribution is 2.23. The first kappa shape index (κ1) is 12.6. The van der Waals surface area contributed by atoms with E-state index in [1.54, 1.807) is 6.07 Å². The molecule has 1 aromatic heterocycles. The summed E-state index contributed by atoms with van der Waals surface area (Å²) in [5, 5.41) is 6.86. The van der Waals surface area contributed by atoms with Gasteiger partial charge in [-0.3, -0.25) is 9.59 Å². The number of hydrogen-bond donors (Lipinski definition) is 2. The van der Waals surface area contributed by atoms with Gasteiger partial charge in [-0.25, -0.2) is 0 Å². The number of nitrogen functional groups attached to an aromatic ring is 1. The number of anilines is 1. The molecule has 0 bridgehead atoms. The van der Waals surface area contributed by atoms with Gasteiger partial charge < -0.3 is 11.1 Å². The van der Waals surface area contributed by atoms with Crippen LogP contribution in [-0.4, -0.2) is 27.6 Å². The van der Waals surface area contributed by atoms with E-state index in [1.807, 2.05) is 20.8 Å². The van der Waals surface area contributed by atoms with Gasteiger partial charge in [0.05, 0.1) is 5.69 Å². The number of aromatic nitrogens is 2. The molecule has 1 atom stereocenters. The lowest BCUT2D eigenvalue weighted by molar-refractivity contribution is -0.119. The SMILES string of the molecule is CC(C)(C)c1cc(N)n(C(=O)C2CCC(=O)N2)n1. The van der Waals surface area contributed by atoms with Crippen molar-refractivity contribution in [3.8, 4) is 0 Å². The first-order valence-electron chi connectivity index (χ1n) is 5.98. The Labute approximate surface area is 106 Å². The molecule has 0 aromatic carbocycles. The molecule has 0 spiro atoms. The largest absolute Gasteiger partial charge is 0.383 e. The molecule has 1 saturated heterocycles. The van der Waals surface area contributed by atoms with Crippen LogP contribution >= 0.6 is 0 Å². The van der Waals surface area contributed by atoms with Crippen LogP contribution in [0.25, 0.3) is 0 Å². The van der Waals surface area contributed by atoms with E-state index in [0.29, 0.717) is 18.7 Å². The average molecular weight is 250 g/mol. The minimum absolute atomic E-state index is 0.102. The molecule has 0 saturated carbocycles. The quantitative estimate of drug-likeness (QED) is 0.767. The summed E-state index contributed by atoms with van der Waals surface area (Å²) >= 11 is 0. The first-order chi connectivity index (χ1) is 8.29. The molecule has 1 aliphatic heterocycles. The second kappa shape index (κ2) is 4.12. The van der Waals surface area contributed by atoms with Crippen LogP contribution < -0.4 is 11.1 Å². The van der Waals surface area contributed by atoms with E-state index in [9.17, 15) is 9.59 Å². The molecule has 1 amide bonds. The lowest BCUT2D eigenvalue weighted by atomic mass is 9.92. The molecule has 1 aromatic rings. The Balaban J connectivity index is 2.26. The number of hydrogen-bond acceptors (Lipinski definition) is 4. The van der Waals surface area contributed by atoms with E-state index in [-0.39, 0.29) is 17.2 Å². The molecule has 1 fully saturated rings. The second-order valence-corrected chi connectivity index (χ2v) is 5.61. The summed E-state index contributed by atoms with van der Waals surface area (Å²) in [5.74, 6) is -0.0601. The molecule has 0 radical (unpaired) electrons. The Bertz CT molecular complexity index is 499. The van der Waals surface area contributed by atoms with Crippen molar-refractivity contribution in [3.05, 3.63) is 11.8 Å². The normalized spacial score (nSPS) is 19.9. The zero-order valence-electron chi connectivity index (χ0n) is 10.9. The molecule has 3 N–H and O–H groups in total. The fourth-order valence-electron chi connectivity index (χ4n) is 1.89. The molecule has 6 nitrogen and oxygen atoms in total. The number of amides is 1. The fourth-order valence-corrected chi connectivity index (χ4v) is 1.89. The molecular weight excluding hydrogens is 232 g/mol. The number of nitrogens with zero attached hydrogens (tertiary/aromatic N) is 2. The fraction of sp³-hybridized carbons (Fsp3) is 0.583. The van der Waals surface area contributed by atoms with Crippen molar-refractivity contribution in [2.45, 2.75) is 45.1 Å². The zero-order chi connectivity index (χ0) is 13.5. The van der Waals surface area contributed by atoms with Crippen LogP contribution in [0, 0.1) is 0 Å². The number of nitrogens with one attached hydrogen (secondary N) is 1. The summed E-state index contributed by atoms with van der Waals surface area (Å²) in [4.78, 5) is 23.3. The van der Waals surface area contributed by atoms with Gasteiger partial charge in [-0.05, 0) is 6.42 Å². The Morgan fingerprint density at radius 2 is 2.22 bits per heavy atom. The number of carbonyl (C=O) groups excluding carboxylic acids is 2. The average Bonchev–Trinajstić information content (AvgIpc) is 2.83. The number of carbonyl (C=O) groups is 2. The van der Waals surface area contributed by atoms with Gasteiger partial charge in [-0.2, -0.15) is 9.78 Å². The Kier molecular flexibility index (Phi) is 2.88. The third-order valence-electron chi connectivity index (χ3n) is 3.01. The third kappa shape index (κ3) is 2.23. The first-order valence-corrected chi connectivity index (χ1v) is 5.98. The Hall–Kier alpha value is -1.85. The molecule has 2 heterocycles. The summed E-state index contributed by atoms with van der Waals surface area (Å²) in [6.45, 7) is 6.00. The van der Waals surface area contributed by atoms with Gasteiger partial charge in [0.2, 0.25) is 5.91 Å². The highest BCUT2D eigenvalue weighted by Gasteiger charge is 2.30. The minimum atomic E-state index is -0.507. The smallest absolute Gasteiger partial charge is 0.271 e. The van der Waals surface area contributed by atoms with E-state index in [1.165, 1.54) is 4.68 Å². The van der Waals surface area contributed by atoms with Crippen LogP contribution in [0.15, 0.2) is 6.07 Å². The molecule has 18 heavy (non-hydrogen) atoms. The second-order valence-electron chi connectivity index (χ2n) is 5.61.